The van der Waals surface area contributed by atoms with Crippen LogP contribution in [0, 0.1) is 3.57 Å². The second-order valence-electron chi connectivity index (χ2n) is 8.04. The predicted octanol–water partition coefficient (Wildman–Crippen LogP) is 4.22. The standard InChI is InChI=1S/C26H23IN2O6/c27-21-13-15(24(31)28-12-11-23(30)25(32)33)9-10-22(21)29-26(34)35-14-20-18-7-3-1-5-16(18)17-6-2-4-8-19(17)20/h1-10,13,20,23,30H,11-12,14H2,(H,28,31)(H,29,34)(H,32,33). The minimum atomic E-state index is -1.53. The lowest BCUT2D eigenvalue weighted by Gasteiger charge is -2.15. The molecule has 9 heteroatoms. The summed E-state index contributed by atoms with van der Waals surface area (Å²) in [4.78, 5) is 35.5. The number of carboxylic acid groups (broad SMARTS) is 1. The molecule has 0 aromatic heterocycles. The van der Waals surface area contributed by atoms with Gasteiger partial charge in [-0.05, 0) is 63.0 Å². The van der Waals surface area contributed by atoms with Gasteiger partial charge in [-0.3, -0.25) is 10.1 Å². The van der Waals surface area contributed by atoms with Crippen molar-refractivity contribution in [3.8, 4) is 11.1 Å². The zero-order valence-corrected chi connectivity index (χ0v) is 20.7. The molecule has 4 rings (SSSR count). The van der Waals surface area contributed by atoms with Crippen LogP contribution >= 0.6 is 22.6 Å². The minimum Gasteiger partial charge on any atom is -0.479 e. The Labute approximate surface area is 215 Å². The van der Waals surface area contributed by atoms with Crippen LogP contribution in [0.5, 0.6) is 0 Å². The molecule has 35 heavy (non-hydrogen) atoms. The monoisotopic (exact) mass is 586 g/mol. The van der Waals surface area contributed by atoms with E-state index >= 15 is 0 Å². The van der Waals surface area contributed by atoms with E-state index in [-0.39, 0.29) is 25.5 Å². The quantitative estimate of drug-likeness (QED) is 0.293. The van der Waals surface area contributed by atoms with Crippen molar-refractivity contribution >= 4 is 46.2 Å². The summed E-state index contributed by atoms with van der Waals surface area (Å²) in [6.45, 7) is 0.210. The van der Waals surface area contributed by atoms with Gasteiger partial charge >= 0.3 is 12.1 Å². The molecule has 0 heterocycles. The highest BCUT2D eigenvalue weighted by Crippen LogP contribution is 2.44. The average Bonchev–Trinajstić information content (AvgIpc) is 3.17. The maximum atomic E-state index is 12.5. The molecule has 0 saturated heterocycles. The van der Waals surface area contributed by atoms with Crippen LogP contribution in [0.15, 0.2) is 66.7 Å². The molecular formula is C26H23IN2O6. The summed E-state index contributed by atoms with van der Waals surface area (Å²) >= 11 is 2.01. The topological polar surface area (TPSA) is 125 Å². The van der Waals surface area contributed by atoms with Crippen molar-refractivity contribution in [1.82, 2.24) is 5.32 Å². The lowest BCUT2D eigenvalue weighted by atomic mass is 9.98. The van der Waals surface area contributed by atoms with Crippen LogP contribution in [-0.2, 0) is 9.53 Å². The Balaban J connectivity index is 1.34. The molecular weight excluding hydrogens is 563 g/mol. The van der Waals surface area contributed by atoms with Crippen LogP contribution in [0.25, 0.3) is 11.1 Å². The Hall–Kier alpha value is -3.44. The van der Waals surface area contributed by atoms with E-state index < -0.39 is 24.1 Å². The van der Waals surface area contributed by atoms with Crippen LogP contribution in [0.1, 0.15) is 33.8 Å². The van der Waals surface area contributed by atoms with Crippen LogP contribution in [0.2, 0.25) is 0 Å². The van der Waals surface area contributed by atoms with Gasteiger partial charge in [0.05, 0.1) is 5.69 Å². The number of halogens is 1. The average molecular weight is 586 g/mol. The fourth-order valence-corrected chi connectivity index (χ4v) is 4.70. The third-order valence-corrected chi connectivity index (χ3v) is 6.69. The van der Waals surface area contributed by atoms with Crippen molar-refractivity contribution in [2.45, 2.75) is 18.4 Å². The molecule has 4 N–H and O–H groups in total. The number of carboxylic acids is 1. The number of rotatable bonds is 8. The first-order chi connectivity index (χ1) is 16.8. The predicted molar refractivity (Wildman–Crippen MR) is 138 cm³/mol. The van der Waals surface area contributed by atoms with Crippen molar-refractivity contribution in [2.75, 3.05) is 18.5 Å². The van der Waals surface area contributed by atoms with Gasteiger partial charge in [0.25, 0.3) is 5.91 Å². The molecule has 3 aromatic rings. The molecule has 0 saturated carbocycles. The van der Waals surface area contributed by atoms with Crippen LogP contribution in [0.4, 0.5) is 10.5 Å². The van der Waals surface area contributed by atoms with Crippen molar-refractivity contribution in [1.29, 1.82) is 0 Å². The normalized spacial score (nSPS) is 12.9. The van der Waals surface area contributed by atoms with Gasteiger partial charge in [0.15, 0.2) is 6.10 Å². The summed E-state index contributed by atoms with van der Waals surface area (Å²) in [5.74, 6) is -1.79. The number of nitrogens with one attached hydrogen (secondary N) is 2. The van der Waals surface area contributed by atoms with E-state index in [1.54, 1.807) is 18.2 Å². The van der Waals surface area contributed by atoms with E-state index in [0.717, 1.165) is 22.3 Å². The Morgan fingerprint density at radius 1 is 0.971 bits per heavy atom. The van der Waals surface area contributed by atoms with Gasteiger partial charge in [-0.25, -0.2) is 9.59 Å². The number of ether oxygens (including phenoxy) is 1. The second-order valence-corrected chi connectivity index (χ2v) is 9.21. The summed E-state index contributed by atoms with van der Waals surface area (Å²) < 4.78 is 6.20. The number of aliphatic carboxylic acids is 1. The summed E-state index contributed by atoms with van der Waals surface area (Å²) in [5.41, 5.74) is 5.40. The van der Waals surface area contributed by atoms with Crippen molar-refractivity contribution in [2.24, 2.45) is 0 Å². The van der Waals surface area contributed by atoms with Crippen molar-refractivity contribution in [3.05, 3.63) is 87.0 Å². The largest absolute Gasteiger partial charge is 0.479 e. The van der Waals surface area contributed by atoms with Gasteiger partial charge in [-0.1, -0.05) is 48.5 Å². The number of carbonyl (C=O) groups is 3. The molecule has 1 aliphatic rings. The minimum absolute atomic E-state index is 0.0165. The number of amides is 2. The molecule has 0 spiro atoms. The molecule has 0 fully saturated rings. The Bertz CT molecular complexity index is 1230. The molecule has 1 aliphatic carbocycles. The van der Waals surface area contributed by atoms with E-state index in [4.69, 9.17) is 9.84 Å². The van der Waals surface area contributed by atoms with Gasteiger partial charge in [-0.2, -0.15) is 0 Å². The zero-order valence-electron chi connectivity index (χ0n) is 18.5. The van der Waals surface area contributed by atoms with Gasteiger partial charge in [-0.15, -0.1) is 0 Å². The smallest absolute Gasteiger partial charge is 0.411 e. The van der Waals surface area contributed by atoms with E-state index in [0.29, 0.717) is 14.8 Å². The molecule has 3 aromatic carbocycles. The first kappa shape index (κ1) is 24.7. The van der Waals surface area contributed by atoms with Gasteiger partial charge in [0.1, 0.15) is 6.61 Å². The number of anilines is 1. The fraction of sp³-hybridized carbons (Fsp3) is 0.192. The summed E-state index contributed by atoms with van der Waals surface area (Å²) in [6.07, 6.45) is -2.22. The van der Waals surface area contributed by atoms with Crippen LogP contribution in [0.3, 0.4) is 0 Å². The number of hydrogen-bond donors (Lipinski definition) is 4. The highest BCUT2D eigenvalue weighted by Gasteiger charge is 2.29. The lowest BCUT2D eigenvalue weighted by molar-refractivity contribution is -0.146. The fourth-order valence-electron chi connectivity index (χ4n) is 4.05. The first-order valence-electron chi connectivity index (χ1n) is 11.0. The third-order valence-electron chi connectivity index (χ3n) is 5.80. The number of fused-ring (bicyclic) bond motifs is 3. The maximum Gasteiger partial charge on any atom is 0.411 e. The van der Waals surface area contributed by atoms with Crippen molar-refractivity contribution < 1.29 is 29.3 Å². The van der Waals surface area contributed by atoms with Crippen molar-refractivity contribution in [3.63, 3.8) is 0 Å². The lowest BCUT2D eigenvalue weighted by Crippen LogP contribution is -2.30. The van der Waals surface area contributed by atoms with E-state index in [9.17, 15) is 19.5 Å². The first-order valence-corrected chi connectivity index (χ1v) is 12.0. The molecule has 1 atom stereocenters. The van der Waals surface area contributed by atoms with E-state index in [1.165, 1.54) is 0 Å². The molecule has 0 aliphatic heterocycles. The molecule has 1 unspecified atom stereocenters. The molecule has 8 nitrogen and oxygen atoms in total. The van der Waals surface area contributed by atoms with Gasteiger partial charge in [0, 0.05) is 28.0 Å². The number of aliphatic hydroxyl groups is 1. The highest BCUT2D eigenvalue weighted by molar-refractivity contribution is 14.1. The molecule has 0 radical (unpaired) electrons. The summed E-state index contributed by atoms with van der Waals surface area (Å²) in [7, 11) is 0. The van der Waals surface area contributed by atoms with E-state index in [2.05, 4.69) is 34.9 Å². The second kappa shape index (κ2) is 10.9. The molecule has 180 valence electrons. The number of hydrogen-bond acceptors (Lipinski definition) is 5. The maximum absolute atomic E-state index is 12.5. The van der Waals surface area contributed by atoms with Gasteiger partial charge in [0.2, 0.25) is 0 Å². The molecule has 2 amide bonds. The highest BCUT2D eigenvalue weighted by atomic mass is 127. The van der Waals surface area contributed by atoms with Gasteiger partial charge < -0.3 is 20.3 Å². The SMILES string of the molecule is O=C(Nc1ccc(C(=O)NCCC(O)C(=O)O)cc1I)OCC1c2ccccc2-c2ccccc21. The van der Waals surface area contributed by atoms with Crippen LogP contribution < -0.4 is 10.6 Å². The number of aliphatic hydroxyl groups excluding tert-OH is 1. The van der Waals surface area contributed by atoms with Crippen LogP contribution in [-0.4, -0.2) is 47.4 Å². The Kier molecular flexibility index (Phi) is 7.67. The van der Waals surface area contributed by atoms with E-state index in [1.807, 2.05) is 46.9 Å². The Morgan fingerprint density at radius 3 is 2.20 bits per heavy atom. The Morgan fingerprint density at radius 2 is 1.60 bits per heavy atom. The zero-order chi connectivity index (χ0) is 24.9. The summed E-state index contributed by atoms with van der Waals surface area (Å²) in [6, 6.07) is 20.9. The molecule has 0 bridgehead atoms. The number of benzene rings is 3. The summed E-state index contributed by atoms with van der Waals surface area (Å²) in [5, 5.41) is 23.2. The number of carbonyl (C=O) groups excluding carboxylic acids is 2. The third kappa shape index (κ3) is 5.63.